The standard InChI is InChI=1S/C17H33N3O2/c1-14(17(21)22)19(3)11-4-15-5-12-20(13-6-15)16-7-9-18(2)10-8-16/h14-16H,4-13H2,1-3H3,(H,21,22). The summed E-state index contributed by atoms with van der Waals surface area (Å²) >= 11 is 0. The third kappa shape index (κ3) is 4.93. The molecule has 2 rings (SSSR count). The molecule has 5 nitrogen and oxygen atoms in total. The molecule has 128 valence electrons. The van der Waals surface area contributed by atoms with Crippen molar-refractivity contribution in [3.05, 3.63) is 0 Å². The average Bonchev–Trinajstić information content (AvgIpc) is 2.53. The number of hydrogen-bond donors (Lipinski definition) is 1. The van der Waals surface area contributed by atoms with Crippen molar-refractivity contribution in [2.45, 2.75) is 51.1 Å². The maximum absolute atomic E-state index is 11.0. The first kappa shape index (κ1) is 17.7. The van der Waals surface area contributed by atoms with Gasteiger partial charge in [-0.05, 0) is 91.8 Å². The minimum Gasteiger partial charge on any atom is -0.480 e. The highest BCUT2D eigenvalue weighted by Crippen LogP contribution is 2.25. The summed E-state index contributed by atoms with van der Waals surface area (Å²) in [6, 6.07) is 0.422. The van der Waals surface area contributed by atoms with Gasteiger partial charge in [0.05, 0.1) is 0 Å². The molecule has 0 aromatic rings. The van der Waals surface area contributed by atoms with Crippen molar-refractivity contribution in [1.82, 2.24) is 14.7 Å². The van der Waals surface area contributed by atoms with Gasteiger partial charge in [0.2, 0.25) is 0 Å². The van der Waals surface area contributed by atoms with Crippen LogP contribution in [-0.2, 0) is 4.79 Å². The Morgan fingerprint density at radius 3 is 2.32 bits per heavy atom. The van der Waals surface area contributed by atoms with E-state index < -0.39 is 5.97 Å². The lowest BCUT2D eigenvalue weighted by atomic mass is 9.91. The third-order valence-corrected chi connectivity index (χ3v) is 5.76. The monoisotopic (exact) mass is 311 g/mol. The van der Waals surface area contributed by atoms with Crippen molar-refractivity contribution in [2.24, 2.45) is 5.92 Å². The predicted octanol–water partition coefficient (Wildman–Crippen LogP) is 1.59. The molecule has 0 radical (unpaired) electrons. The summed E-state index contributed by atoms with van der Waals surface area (Å²) in [5, 5.41) is 9.04. The Hall–Kier alpha value is -0.650. The summed E-state index contributed by atoms with van der Waals surface area (Å²) in [5.41, 5.74) is 0. The molecule has 0 saturated carbocycles. The van der Waals surface area contributed by atoms with Gasteiger partial charge in [-0.25, -0.2) is 0 Å². The number of hydrogen-bond acceptors (Lipinski definition) is 4. The number of piperidine rings is 2. The van der Waals surface area contributed by atoms with Crippen LogP contribution in [0.25, 0.3) is 0 Å². The second-order valence-electron chi connectivity index (χ2n) is 7.30. The van der Waals surface area contributed by atoms with Crippen molar-refractivity contribution in [3.8, 4) is 0 Å². The van der Waals surface area contributed by atoms with Crippen LogP contribution in [0.5, 0.6) is 0 Å². The highest BCUT2D eigenvalue weighted by Gasteiger charge is 2.27. The van der Waals surface area contributed by atoms with Crippen LogP contribution < -0.4 is 0 Å². The van der Waals surface area contributed by atoms with Crippen molar-refractivity contribution >= 4 is 5.97 Å². The van der Waals surface area contributed by atoms with E-state index in [4.69, 9.17) is 5.11 Å². The van der Waals surface area contributed by atoms with E-state index in [-0.39, 0.29) is 6.04 Å². The maximum atomic E-state index is 11.0. The molecule has 0 amide bonds. The quantitative estimate of drug-likeness (QED) is 0.807. The number of likely N-dealkylation sites (N-methyl/N-ethyl adjacent to an activating group) is 1. The number of aliphatic carboxylic acids is 1. The van der Waals surface area contributed by atoms with E-state index in [1.165, 1.54) is 51.9 Å². The Kier molecular flexibility index (Phi) is 6.66. The Balaban J connectivity index is 1.66. The van der Waals surface area contributed by atoms with Gasteiger partial charge in [-0.3, -0.25) is 9.69 Å². The van der Waals surface area contributed by atoms with E-state index in [9.17, 15) is 4.79 Å². The van der Waals surface area contributed by atoms with Crippen LogP contribution in [0.1, 0.15) is 39.0 Å². The molecule has 0 bridgehead atoms. The summed E-state index contributed by atoms with van der Waals surface area (Å²) in [7, 11) is 4.14. The second kappa shape index (κ2) is 8.27. The highest BCUT2D eigenvalue weighted by atomic mass is 16.4. The van der Waals surface area contributed by atoms with Gasteiger partial charge in [0, 0.05) is 6.04 Å². The molecule has 1 N–H and O–H groups in total. The average molecular weight is 311 g/mol. The van der Waals surface area contributed by atoms with E-state index in [0.717, 1.165) is 24.9 Å². The third-order valence-electron chi connectivity index (χ3n) is 5.76. The first-order valence-corrected chi connectivity index (χ1v) is 8.83. The van der Waals surface area contributed by atoms with Crippen LogP contribution in [0.15, 0.2) is 0 Å². The minimum atomic E-state index is -0.723. The van der Waals surface area contributed by atoms with Gasteiger partial charge in [-0.2, -0.15) is 0 Å². The van der Waals surface area contributed by atoms with E-state index in [2.05, 4.69) is 16.8 Å². The molecular formula is C17H33N3O2. The van der Waals surface area contributed by atoms with Crippen molar-refractivity contribution in [2.75, 3.05) is 46.8 Å². The molecule has 0 aliphatic carbocycles. The van der Waals surface area contributed by atoms with Crippen LogP contribution in [0, 0.1) is 5.92 Å². The highest BCUT2D eigenvalue weighted by molar-refractivity contribution is 5.72. The Labute approximate surface area is 135 Å². The molecule has 1 atom stereocenters. The largest absolute Gasteiger partial charge is 0.480 e. The van der Waals surface area contributed by atoms with Gasteiger partial charge in [-0.1, -0.05) is 0 Å². The van der Waals surface area contributed by atoms with Crippen molar-refractivity contribution in [1.29, 1.82) is 0 Å². The molecule has 0 aromatic heterocycles. The van der Waals surface area contributed by atoms with Gasteiger partial charge in [0.25, 0.3) is 0 Å². The molecule has 1 unspecified atom stereocenters. The van der Waals surface area contributed by atoms with E-state index in [1.54, 1.807) is 6.92 Å². The second-order valence-corrected chi connectivity index (χ2v) is 7.30. The zero-order valence-electron chi connectivity index (χ0n) is 14.5. The molecule has 22 heavy (non-hydrogen) atoms. The lowest BCUT2D eigenvalue weighted by Crippen LogP contribution is -2.47. The molecular weight excluding hydrogens is 278 g/mol. The zero-order valence-corrected chi connectivity index (χ0v) is 14.5. The number of carboxylic acid groups (broad SMARTS) is 1. The van der Waals surface area contributed by atoms with Crippen LogP contribution in [0.3, 0.4) is 0 Å². The number of likely N-dealkylation sites (tertiary alicyclic amines) is 2. The molecule has 2 fully saturated rings. The summed E-state index contributed by atoms with van der Waals surface area (Å²) in [6.45, 7) is 7.61. The van der Waals surface area contributed by atoms with Crippen molar-refractivity contribution < 1.29 is 9.90 Å². The Bertz CT molecular complexity index is 348. The number of carbonyl (C=O) groups is 1. The fourth-order valence-corrected chi connectivity index (χ4v) is 3.74. The Morgan fingerprint density at radius 1 is 1.18 bits per heavy atom. The number of carboxylic acids is 1. The fourth-order valence-electron chi connectivity index (χ4n) is 3.74. The molecule has 0 aromatic carbocycles. The normalized spacial score (nSPS) is 24.7. The van der Waals surface area contributed by atoms with E-state index in [1.807, 2.05) is 11.9 Å². The molecule has 2 aliphatic rings. The van der Waals surface area contributed by atoms with Crippen LogP contribution in [0.2, 0.25) is 0 Å². The summed E-state index contributed by atoms with van der Waals surface area (Å²) in [6.07, 6.45) is 6.33. The molecule has 5 heteroatoms. The van der Waals surface area contributed by atoms with Gasteiger partial charge >= 0.3 is 5.97 Å². The fraction of sp³-hybridized carbons (Fsp3) is 0.941. The lowest BCUT2D eigenvalue weighted by molar-refractivity contribution is -0.142. The van der Waals surface area contributed by atoms with Crippen LogP contribution in [0.4, 0.5) is 0 Å². The summed E-state index contributed by atoms with van der Waals surface area (Å²) < 4.78 is 0. The molecule has 2 saturated heterocycles. The lowest BCUT2D eigenvalue weighted by Gasteiger charge is -2.41. The maximum Gasteiger partial charge on any atom is 0.320 e. The van der Waals surface area contributed by atoms with E-state index >= 15 is 0 Å². The topological polar surface area (TPSA) is 47.0 Å². The van der Waals surface area contributed by atoms with Gasteiger partial charge in [-0.15, -0.1) is 0 Å². The minimum absolute atomic E-state index is 0.376. The predicted molar refractivity (Wildman–Crippen MR) is 89.2 cm³/mol. The summed E-state index contributed by atoms with van der Waals surface area (Å²) in [4.78, 5) is 18.1. The van der Waals surface area contributed by atoms with Gasteiger partial charge in [0.15, 0.2) is 0 Å². The molecule has 2 aliphatic heterocycles. The van der Waals surface area contributed by atoms with Crippen molar-refractivity contribution in [3.63, 3.8) is 0 Å². The van der Waals surface area contributed by atoms with Gasteiger partial charge in [0.1, 0.15) is 6.04 Å². The van der Waals surface area contributed by atoms with E-state index in [0.29, 0.717) is 0 Å². The smallest absolute Gasteiger partial charge is 0.320 e. The SMILES string of the molecule is CC(C(=O)O)N(C)CCC1CCN(C2CCN(C)CC2)CC1. The number of rotatable bonds is 6. The first-order chi connectivity index (χ1) is 10.5. The summed E-state index contributed by atoms with van der Waals surface area (Å²) in [5.74, 6) is 0.0468. The van der Waals surface area contributed by atoms with Crippen LogP contribution in [-0.4, -0.2) is 84.7 Å². The zero-order chi connectivity index (χ0) is 16.1. The van der Waals surface area contributed by atoms with Gasteiger partial charge < -0.3 is 14.9 Å². The van der Waals surface area contributed by atoms with Crippen LogP contribution >= 0.6 is 0 Å². The first-order valence-electron chi connectivity index (χ1n) is 8.83. The molecule has 0 spiro atoms. The Morgan fingerprint density at radius 2 is 1.77 bits per heavy atom. The number of nitrogens with zero attached hydrogens (tertiary/aromatic N) is 3. The molecule has 2 heterocycles.